The van der Waals surface area contributed by atoms with Gasteiger partial charge in [0.1, 0.15) is 18.1 Å². The summed E-state index contributed by atoms with van der Waals surface area (Å²) in [6.07, 6.45) is 2.20. The van der Waals surface area contributed by atoms with Gasteiger partial charge in [0.2, 0.25) is 11.8 Å². The van der Waals surface area contributed by atoms with Gasteiger partial charge in [-0.15, -0.1) is 0 Å². The first-order valence-electron chi connectivity index (χ1n) is 14.9. The fraction of sp³-hybridized carbons (Fsp3) is 0.412. The van der Waals surface area contributed by atoms with Crippen LogP contribution in [0.25, 0.3) is 0 Å². The molecule has 9 nitrogen and oxygen atoms in total. The summed E-state index contributed by atoms with van der Waals surface area (Å²) in [5.74, 6) is 1.55. The van der Waals surface area contributed by atoms with Gasteiger partial charge in [-0.3, -0.25) is 9.59 Å². The Kier molecular flexibility index (Phi) is 12.8. The Hall–Kier alpha value is -3.92. The van der Waals surface area contributed by atoms with Gasteiger partial charge in [0, 0.05) is 43.6 Å². The molecule has 43 heavy (non-hydrogen) atoms. The number of anilines is 1. The highest BCUT2D eigenvalue weighted by atomic mass is 16.5. The van der Waals surface area contributed by atoms with Crippen LogP contribution in [0.5, 0.6) is 11.5 Å². The summed E-state index contributed by atoms with van der Waals surface area (Å²) < 4.78 is 23.2. The monoisotopic (exact) mass is 589 g/mol. The van der Waals surface area contributed by atoms with E-state index in [1.165, 1.54) is 12.5 Å². The lowest BCUT2D eigenvalue weighted by molar-refractivity contribution is -0.123. The molecule has 3 N–H and O–H groups in total. The Morgan fingerprint density at radius 1 is 0.953 bits per heavy atom. The average Bonchev–Trinajstić information content (AvgIpc) is 3.03. The standard InChI is InChI=1S/C34H43N3O6/c1-25(38)36-19-16-27-8-3-5-10-31(27)37-34(39)24-43-33-22-35-18-17-30(33)26-12-14-29(15-13-26)42-21-7-20-41-23-28-9-4-6-11-32(28)40-2/h3-6,8-15,30,33,35H,7,16-24H2,1-2H3,(H,36,38)(H,37,39)/t30-,33+/m1/s1. The Morgan fingerprint density at radius 2 is 1.72 bits per heavy atom. The number of para-hydroxylation sites is 2. The van der Waals surface area contributed by atoms with E-state index in [-0.39, 0.29) is 30.4 Å². The molecule has 0 aliphatic carbocycles. The molecular weight excluding hydrogens is 546 g/mol. The molecule has 0 unspecified atom stereocenters. The first-order valence-corrected chi connectivity index (χ1v) is 14.9. The molecule has 0 bridgehead atoms. The number of methoxy groups -OCH3 is 1. The summed E-state index contributed by atoms with van der Waals surface area (Å²) in [6.45, 7) is 5.21. The van der Waals surface area contributed by atoms with E-state index in [9.17, 15) is 9.59 Å². The molecule has 9 heteroatoms. The van der Waals surface area contributed by atoms with Crippen molar-refractivity contribution >= 4 is 17.5 Å². The summed E-state index contributed by atoms with van der Waals surface area (Å²) in [5.41, 5.74) is 3.90. The zero-order valence-electron chi connectivity index (χ0n) is 25.1. The van der Waals surface area contributed by atoms with E-state index in [1.54, 1.807) is 7.11 Å². The summed E-state index contributed by atoms with van der Waals surface area (Å²) in [5, 5.41) is 9.15. The molecule has 2 atom stereocenters. The fourth-order valence-electron chi connectivity index (χ4n) is 5.16. The van der Waals surface area contributed by atoms with Crippen molar-refractivity contribution in [3.8, 4) is 11.5 Å². The van der Waals surface area contributed by atoms with Crippen molar-refractivity contribution in [3.05, 3.63) is 89.5 Å². The Morgan fingerprint density at radius 3 is 2.51 bits per heavy atom. The third kappa shape index (κ3) is 10.4. The minimum absolute atomic E-state index is 0.0385. The highest BCUT2D eigenvalue weighted by molar-refractivity contribution is 5.92. The molecule has 3 aromatic rings. The Bertz CT molecular complexity index is 1300. The second-order valence-electron chi connectivity index (χ2n) is 10.5. The number of benzene rings is 3. The van der Waals surface area contributed by atoms with Crippen molar-refractivity contribution in [2.24, 2.45) is 0 Å². The van der Waals surface area contributed by atoms with Crippen molar-refractivity contribution in [3.63, 3.8) is 0 Å². The van der Waals surface area contributed by atoms with Gasteiger partial charge in [0.05, 0.1) is 33.0 Å². The van der Waals surface area contributed by atoms with Gasteiger partial charge >= 0.3 is 0 Å². The van der Waals surface area contributed by atoms with Crippen molar-refractivity contribution in [1.29, 1.82) is 0 Å². The minimum Gasteiger partial charge on any atom is -0.496 e. The van der Waals surface area contributed by atoms with Gasteiger partial charge in [-0.2, -0.15) is 0 Å². The zero-order chi connectivity index (χ0) is 30.3. The zero-order valence-corrected chi connectivity index (χ0v) is 25.1. The quantitative estimate of drug-likeness (QED) is 0.212. The van der Waals surface area contributed by atoms with Crippen LogP contribution < -0.4 is 25.4 Å². The van der Waals surface area contributed by atoms with Crippen LogP contribution in [-0.2, 0) is 32.1 Å². The van der Waals surface area contributed by atoms with Crippen molar-refractivity contribution in [1.82, 2.24) is 10.6 Å². The Labute approximate surface area is 254 Å². The van der Waals surface area contributed by atoms with Crippen LogP contribution in [0.2, 0.25) is 0 Å². The molecule has 1 saturated heterocycles. The van der Waals surface area contributed by atoms with Gasteiger partial charge < -0.3 is 34.9 Å². The SMILES string of the molecule is COc1ccccc1COCCCOc1ccc([C@H]2CCNC[C@@H]2OCC(=O)Nc2ccccc2CCNC(C)=O)cc1. The summed E-state index contributed by atoms with van der Waals surface area (Å²) in [7, 11) is 1.66. The molecule has 1 fully saturated rings. The maximum Gasteiger partial charge on any atom is 0.250 e. The molecule has 3 aromatic carbocycles. The highest BCUT2D eigenvalue weighted by Crippen LogP contribution is 2.29. The van der Waals surface area contributed by atoms with E-state index in [0.29, 0.717) is 39.3 Å². The number of carbonyl (C=O) groups is 2. The van der Waals surface area contributed by atoms with E-state index >= 15 is 0 Å². The number of piperidine rings is 1. The van der Waals surface area contributed by atoms with Crippen LogP contribution >= 0.6 is 0 Å². The van der Waals surface area contributed by atoms with Crippen molar-refractivity contribution in [2.75, 3.05) is 51.9 Å². The number of rotatable bonds is 16. The number of ether oxygens (including phenoxy) is 4. The third-order valence-electron chi connectivity index (χ3n) is 7.37. The highest BCUT2D eigenvalue weighted by Gasteiger charge is 2.28. The van der Waals surface area contributed by atoms with Gasteiger partial charge in [0.25, 0.3) is 0 Å². The summed E-state index contributed by atoms with van der Waals surface area (Å²) >= 11 is 0. The molecule has 1 aliphatic heterocycles. The van der Waals surface area contributed by atoms with E-state index in [1.807, 2.05) is 60.7 Å². The number of hydrogen-bond acceptors (Lipinski definition) is 7. The number of nitrogens with one attached hydrogen (secondary N) is 3. The number of carbonyl (C=O) groups excluding carboxylic acids is 2. The van der Waals surface area contributed by atoms with Gasteiger partial charge in [-0.25, -0.2) is 0 Å². The van der Waals surface area contributed by atoms with Crippen LogP contribution in [0.4, 0.5) is 5.69 Å². The molecular formula is C34H43N3O6. The lowest BCUT2D eigenvalue weighted by Crippen LogP contribution is -2.42. The predicted octanol–water partition coefficient (Wildman–Crippen LogP) is 4.46. The molecule has 4 rings (SSSR count). The first-order chi connectivity index (χ1) is 21.0. The van der Waals surface area contributed by atoms with Crippen LogP contribution in [-0.4, -0.2) is 64.5 Å². The minimum atomic E-state index is -0.202. The smallest absolute Gasteiger partial charge is 0.250 e. The topological polar surface area (TPSA) is 107 Å². The van der Waals surface area contributed by atoms with Crippen LogP contribution in [0.1, 0.15) is 42.4 Å². The second kappa shape index (κ2) is 17.3. The molecule has 0 aromatic heterocycles. The Balaban J connectivity index is 1.20. The summed E-state index contributed by atoms with van der Waals surface area (Å²) in [6, 6.07) is 23.6. The second-order valence-corrected chi connectivity index (χ2v) is 10.5. The molecule has 2 amide bonds. The van der Waals surface area contributed by atoms with Gasteiger partial charge in [-0.1, -0.05) is 48.5 Å². The van der Waals surface area contributed by atoms with Gasteiger partial charge in [0.15, 0.2) is 0 Å². The average molecular weight is 590 g/mol. The van der Waals surface area contributed by atoms with Gasteiger partial charge in [-0.05, 0) is 54.8 Å². The molecule has 230 valence electrons. The van der Waals surface area contributed by atoms with Crippen molar-refractivity contribution < 1.29 is 28.5 Å². The molecule has 0 saturated carbocycles. The van der Waals surface area contributed by atoms with E-state index < -0.39 is 0 Å². The normalized spacial score (nSPS) is 16.3. The fourth-order valence-corrected chi connectivity index (χ4v) is 5.16. The van der Waals surface area contributed by atoms with Crippen LogP contribution in [0.15, 0.2) is 72.8 Å². The van der Waals surface area contributed by atoms with Crippen LogP contribution in [0.3, 0.4) is 0 Å². The van der Waals surface area contributed by atoms with E-state index in [2.05, 4.69) is 28.1 Å². The summed E-state index contributed by atoms with van der Waals surface area (Å²) in [4.78, 5) is 24.0. The lowest BCUT2D eigenvalue weighted by atomic mass is 9.88. The van der Waals surface area contributed by atoms with Crippen molar-refractivity contribution in [2.45, 2.75) is 44.8 Å². The maximum atomic E-state index is 12.8. The lowest BCUT2D eigenvalue weighted by Gasteiger charge is -2.32. The maximum absolute atomic E-state index is 12.8. The molecule has 0 radical (unpaired) electrons. The van der Waals surface area contributed by atoms with Crippen LogP contribution in [0, 0.1) is 0 Å². The first kappa shape index (κ1) is 32.0. The number of hydrogen-bond donors (Lipinski definition) is 3. The van der Waals surface area contributed by atoms with E-state index in [4.69, 9.17) is 18.9 Å². The number of amides is 2. The molecule has 1 heterocycles. The van der Waals surface area contributed by atoms with E-state index in [0.717, 1.165) is 47.7 Å². The molecule has 1 aliphatic rings. The largest absolute Gasteiger partial charge is 0.496 e. The molecule has 0 spiro atoms. The third-order valence-corrected chi connectivity index (χ3v) is 7.37. The predicted molar refractivity (Wildman–Crippen MR) is 167 cm³/mol.